The van der Waals surface area contributed by atoms with Crippen molar-refractivity contribution in [2.45, 2.75) is 12.8 Å². The molecule has 5 rings (SSSR count). The van der Waals surface area contributed by atoms with Gasteiger partial charge < -0.3 is 10.2 Å². The minimum Gasteiger partial charge on any atom is -0.370 e. The Morgan fingerprint density at radius 3 is 3.03 bits per heavy atom. The molecular weight excluding hydrogens is 423 g/mol. The van der Waals surface area contributed by atoms with Gasteiger partial charge in [0, 0.05) is 30.4 Å². The molecule has 1 aliphatic heterocycles. The quantitative estimate of drug-likeness (QED) is 0.457. The van der Waals surface area contributed by atoms with Gasteiger partial charge in [-0.05, 0) is 37.1 Å². The van der Waals surface area contributed by atoms with Crippen molar-refractivity contribution in [1.29, 1.82) is 0 Å². The van der Waals surface area contributed by atoms with Gasteiger partial charge in [-0.3, -0.25) is 9.78 Å². The van der Waals surface area contributed by atoms with Gasteiger partial charge in [-0.2, -0.15) is 0 Å². The predicted molar refractivity (Wildman–Crippen MR) is 120 cm³/mol. The van der Waals surface area contributed by atoms with Gasteiger partial charge in [0.1, 0.15) is 11.3 Å². The molecule has 1 unspecified atom stereocenters. The van der Waals surface area contributed by atoms with Crippen molar-refractivity contribution >= 4 is 60.8 Å². The molecule has 8 heteroatoms. The molecule has 0 saturated carbocycles. The third kappa shape index (κ3) is 3.59. The number of rotatable bonds is 3. The van der Waals surface area contributed by atoms with E-state index < -0.39 is 5.82 Å². The third-order valence-electron chi connectivity index (χ3n) is 5.40. The summed E-state index contributed by atoms with van der Waals surface area (Å²) in [6.07, 6.45) is 3.54. The van der Waals surface area contributed by atoms with Gasteiger partial charge in [0.25, 0.3) is 0 Å². The largest absolute Gasteiger partial charge is 0.370 e. The average Bonchev–Trinajstić information content (AvgIpc) is 3.16. The van der Waals surface area contributed by atoms with E-state index in [0.29, 0.717) is 21.9 Å². The Hall–Kier alpha value is -2.77. The highest BCUT2D eigenvalue weighted by Crippen LogP contribution is 2.33. The van der Waals surface area contributed by atoms with E-state index in [1.54, 1.807) is 0 Å². The molecule has 30 heavy (non-hydrogen) atoms. The summed E-state index contributed by atoms with van der Waals surface area (Å²) < 4.78 is 14.2. The van der Waals surface area contributed by atoms with Crippen LogP contribution in [-0.4, -0.2) is 29.0 Å². The maximum Gasteiger partial charge on any atom is 0.231 e. The number of hydrogen-bond donors (Lipinski definition) is 1. The highest BCUT2D eigenvalue weighted by atomic mass is 35.5. The maximum absolute atomic E-state index is 13.6. The Labute approximate surface area is 181 Å². The van der Waals surface area contributed by atoms with E-state index >= 15 is 0 Å². The number of carbonyl (C=O) groups is 1. The molecular formula is C22H18ClFN4OS. The number of fused-ring (bicyclic) bond motifs is 2. The number of amides is 1. The minimum atomic E-state index is -0.415. The smallest absolute Gasteiger partial charge is 0.231 e. The fourth-order valence-electron chi connectivity index (χ4n) is 3.98. The summed E-state index contributed by atoms with van der Waals surface area (Å²) in [6.45, 7) is 1.52. The van der Waals surface area contributed by atoms with Crippen molar-refractivity contribution in [2.24, 2.45) is 5.92 Å². The van der Waals surface area contributed by atoms with Gasteiger partial charge in [-0.25, -0.2) is 9.37 Å². The van der Waals surface area contributed by atoms with Crippen LogP contribution in [0.5, 0.6) is 0 Å². The summed E-state index contributed by atoms with van der Waals surface area (Å²) >= 11 is 7.30. The number of anilines is 2. The average molecular weight is 441 g/mol. The lowest BCUT2D eigenvalue weighted by molar-refractivity contribution is -0.120. The summed E-state index contributed by atoms with van der Waals surface area (Å²) in [7, 11) is 0. The number of nitrogens with one attached hydrogen (secondary N) is 1. The minimum absolute atomic E-state index is 0.0753. The highest BCUT2D eigenvalue weighted by molar-refractivity contribution is 7.22. The first-order valence-corrected chi connectivity index (χ1v) is 10.9. The molecule has 1 aliphatic rings. The van der Waals surface area contributed by atoms with Crippen LogP contribution in [0.1, 0.15) is 12.8 Å². The fraction of sp³-hybridized carbons (Fsp3) is 0.227. The molecule has 0 radical (unpaired) electrons. The SMILES string of the molecule is O=C(Nc1nc2c(Cl)cc(F)cc2s1)C1CCCN(c2ccnc3ccccc23)C1. The second kappa shape index (κ2) is 7.81. The van der Waals surface area contributed by atoms with Crippen LogP contribution in [0.15, 0.2) is 48.7 Å². The number of nitrogens with zero attached hydrogens (tertiary/aromatic N) is 3. The maximum atomic E-state index is 13.6. The number of piperidine rings is 1. The van der Waals surface area contributed by atoms with Crippen molar-refractivity contribution < 1.29 is 9.18 Å². The van der Waals surface area contributed by atoms with E-state index in [-0.39, 0.29) is 16.8 Å². The van der Waals surface area contributed by atoms with Crippen molar-refractivity contribution in [3.05, 3.63) is 59.5 Å². The molecule has 1 amide bonds. The number of thiazole rings is 1. The molecule has 4 aromatic rings. The fourth-order valence-corrected chi connectivity index (χ4v) is 5.21. The van der Waals surface area contributed by atoms with Crippen LogP contribution in [0, 0.1) is 11.7 Å². The van der Waals surface area contributed by atoms with Crippen molar-refractivity contribution in [3.8, 4) is 0 Å². The zero-order chi connectivity index (χ0) is 20.7. The monoisotopic (exact) mass is 440 g/mol. The van der Waals surface area contributed by atoms with Crippen LogP contribution in [0.3, 0.4) is 0 Å². The first-order chi connectivity index (χ1) is 14.6. The molecule has 1 N–H and O–H groups in total. The molecule has 2 aromatic carbocycles. The summed E-state index contributed by atoms with van der Waals surface area (Å²) in [5.74, 6) is -0.653. The summed E-state index contributed by atoms with van der Waals surface area (Å²) in [6, 6.07) is 12.6. The Morgan fingerprint density at radius 2 is 2.13 bits per heavy atom. The normalized spacial score (nSPS) is 16.9. The zero-order valence-corrected chi connectivity index (χ0v) is 17.5. The van der Waals surface area contributed by atoms with Gasteiger partial charge >= 0.3 is 0 Å². The molecule has 0 aliphatic carbocycles. The second-order valence-corrected chi connectivity index (χ2v) is 8.81. The predicted octanol–water partition coefficient (Wildman–Crippen LogP) is 5.49. The molecule has 1 fully saturated rings. The van der Waals surface area contributed by atoms with Gasteiger partial charge in [-0.15, -0.1) is 0 Å². The molecule has 1 atom stereocenters. The second-order valence-electron chi connectivity index (χ2n) is 7.38. The number of halogens is 2. The number of carbonyl (C=O) groups excluding carboxylic acids is 1. The number of para-hydroxylation sites is 1. The zero-order valence-electron chi connectivity index (χ0n) is 15.9. The van der Waals surface area contributed by atoms with E-state index in [2.05, 4.69) is 26.3 Å². The van der Waals surface area contributed by atoms with Crippen LogP contribution in [-0.2, 0) is 4.79 Å². The van der Waals surface area contributed by atoms with Crippen LogP contribution in [0.25, 0.3) is 21.1 Å². The first kappa shape index (κ1) is 19.2. The number of benzene rings is 2. The molecule has 0 spiro atoms. The standard InChI is InChI=1S/C22H18ClFN4OS/c23-16-10-14(24)11-19-20(16)26-22(30-19)27-21(29)13-4-3-9-28(12-13)18-7-8-25-17-6-2-1-5-15(17)18/h1-2,5-8,10-11,13H,3-4,9,12H2,(H,26,27,29). The lowest BCUT2D eigenvalue weighted by atomic mass is 9.96. The summed E-state index contributed by atoms with van der Waals surface area (Å²) in [4.78, 5) is 24.0. The van der Waals surface area contributed by atoms with Crippen molar-refractivity contribution in [1.82, 2.24) is 9.97 Å². The van der Waals surface area contributed by atoms with Gasteiger partial charge in [0.05, 0.1) is 21.2 Å². The Bertz CT molecular complexity index is 1260. The van der Waals surface area contributed by atoms with Gasteiger partial charge in [0.15, 0.2) is 5.13 Å². The number of pyridine rings is 1. The van der Waals surface area contributed by atoms with Crippen molar-refractivity contribution in [2.75, 3.05) is 23.3 Å². The number of hydrogen-bond acceptors (Lipinski definition) is 5. The van der Waals surface area contributed by atoms with Gasteiger partial charge in [-0.1, -0.05) is 41.1 Å². The van der Waals surface area contributed by atoms with Gasteiger partial charge in [0.2, 0.25) is 5.91 Å². The van der Waals surface area contributed by atoms with E-state index in [4.69, 9.17) is 11.6 Å². The topological polar surface area (TPSA) is 58.1 Å². The van der Waals surface area contributed by atoms with E-state index in [1.807, 2.05) is 30.5 Å². The Morgan fingerprint density at radius 1 is 1.27 bits per heavy atom. The van der Waals surface area contributed by atoms with E-state index in [9.17, 15) is 9.18 Å². The summed E-state index contributed by atoms with van der Waals surface area (Å²) in [5, 5.41) is 4.68. The number of aromatic nitrogens is 2. The summed E-state index contributed by atoms with van der Waals surface area (Å²) in [5.41, 5.74) is 2.55. The molecule has 2 aromatic heterocycles. The lowest BCUT2D eigenvalue weighted by Crippen LogP contribution is -2.40. The molecule has 152 valence electrons. The van der Waals surface area contributed by atoms with Crippen LogP contribution >= 0.6 is 22.9 Å². The molecule has 3 heterocycles. The van der Waals surface area contributed by atoms with E-state index in [1.165, 1.54) is 23.5 Å². The van der Waals surface area contributed by atoms with Crippen LogP contribution in [0.4, 0.5) is 15.2 Å². The molecule has 0 bridgehead atoms. The third-order valence-corrected chi connectivity index (χ3v) is 6.61. The first-order valence-electron chi connectivity index (χ1n) is 9.73. The molecule has 1 saturated heterocycles. The highest BCUT2D eigenvalue weighted by Gasteiger charge is 2.27. The lowest BCUT2D eigenvalue weighted by Gasteiger charge is -2.34. The Kier molecular flexibility index (Phi) is 5.00. The van der Waals surface area contributed by atoms with Crippen LogP contribution in [0.2, 0.25) is 5.02 Å². The Balaban J connectivity index is 1.36. The van der Waals surface area contributed by atoms with E-state index in [0.717, 1.165) is 36.0 Å². The van der Waals surface area contributed by atoms with Crippen LogP contribution < -0.4 is 10.2 Å². The van der Waals surface area contributed by atoms with Crippen molar-refractivity contribution in [3.63, 3.8) is 0 Å². The molecule has 5 nitrogen and oxygen atoms in total.